The molecule has 1 unspecified atom stereocenters. The number of hydrogen-bond donors (Lipinski definition) is 1. The molecule has 0 saturated carbocycles. The van der Waals surface area contributed by atoms with Crippen LogP contribution in [-0.2, 0) is 0 Å². The highest BCUT2D eigenvalue weighted by atomic mass is 28.3. The summed E-state index contributed by atoms with van der Waals surface area (Å²) in [6.07, 6.45) is 0. The average molecular weight is 168 g/mol. The Morgan fingerprint density at radius 1 is 1.27 bits per heavy atom. The third kappa shape index (κ3) is 2.06. The molecule has 1 aromatic carbocycles. The molecule has 11 heavy (non-hydrogen) atoms. The molecule has 3 heteroatoms. The third-order valence-corrected chi connectivity index (χ3v) is 2.95. The van der Waals surface area contributed by atoms with Crippen LogP contribution in [0, 0.1) is 0 Å². The normalized spacial score (nSPS) is 12.6. The third-order valence-electron chi connectivity index (χ3n) is 1.60. The lowest BCUT2D eigenvalue weighted by molar-refractivity contribution is 0.415. The van der Waals surface area contributed by atoms with Crippen LogP contribution in [0.5, 0.6) is 5.75 Å². The number of ether oxygens (including phenoxy) is 1. The fraction of sp³-hybridized carbons (Fsp3) is 0.250. The molecule has 0 saturated heterocycles. The highest BCUT2D eigenvalue weighted by Gasteiger charge is 2.01. The Kier molecular flexibility index (Phi) is 2.68. The van der Waals surface area contributed by atoms with Gasteiger partial charge in [-0.2, -0.15) is 0 Å². The molecule has 0 aliphatic carbocycles. The van der Waals surface area contributed by atoms with E-state index >= 15 is 0 Å². The summed E-state index contributed by atoms with van der Waals surface area (Å²) in [5, 5.41) is 1.05. The summed E-state index contributed by atoms with van der Waals surface area (Å²) >= 11 is 0. The Morgan fingerprint density at radius 3 is 2.18 bits per heavy atom. The molecule has 0 radical (unpaired) electrons. The Morgan fingerprint density at radius 2 is 1.82 bits per heavy atom. The maximum absolute atomic E-state index is 9.29. The van der Waals surface area contributed by atoms with Gasteiger partial charge in [-0.15, -0.1) is 0 Å². The molecular formula is C8H12O2Si. The van der Waals surface area contributed by atoms with Gasteiger partial charge in [0.05, 0.1) is 7.11 Å². The molecule has 1 rings (SSSR count). The smallest absolute Gasteiger partial charge is 0.201 e. The maximum Gasteiger partial charge on any atom is 0.201 e. The van der Waals surface area contributed by atoms with Crippen LogP contribution in [0.4, 0.5) is 0 Å². The van der Waals surface area contributed by atoms with E-state index in [1.54, 1.807) is 7.11 Å². The highest BCUT2D eigenvalue weighted by molar-refractivity contribution is 6.64. The van der Waals surface area contributed by atoms with Crippen molar-refractivity contribution in [1.82, 2.24) is 0 Å². The molecular weight excluding hydrogens is 156 g/mol. The van der Waals surface area contributed by atoms with E-state index in [0.29, 0.717) is 0 Å². The van der Waals surface area contributed by atoms with Gasteiger partial charge in [-0.25, -0.2) is 0 Å². The minimum Gasteiger partial charge on any atom is -0.497 e. The first-order valence-electron chi connectivity index (χ1n) is 3.56. The van der Waals surface area contributed by atoms with E-state index in [1.807, 2.05) is 30.8 Å². The SMILES string of the molecule is COc1ccc([SiH](C)O)cc1. The minimum atomic E-state index is -1.62. The fourth-order valence-electron chi connectivity index (χ4n) is 0.882. The summed E-state index contributed by atoms with van der Waals surface area (Å²) < 4.78 is 4.98. The van der Waals surface area contributed by atoms with E-state index in [-0.39, 0.29) is 0 Å². The van der Waals surface area contributed by atoms with Crippen molar-refractivity contribution in [3.8, 4) is 5.75 Å². The largest absolute Gasteiger partial charge is 0.497 e. The van der Waals surface area contributed by atoms with Gasteiger partial charge >= 0.3 is 0 Å². The van der Waals surface area contributed by atoms with Gasteiger partial charge in [0.15, 0.2) is 0 Å². The Labute approximate surface area is 68.2 Å². The van der Waals surface area contributed by atoms with Gasteiger partial charge in [-0.05, 0) is 23.9 Å². The molecule has 0 aromatic heterocycles. The van der Waals surface area contributed by atoms with E-state index in [9.17, 15) is 4.80 Å². The quantitative estimate of drug-likeness (QED) is 0.641. The summed E-state index contributed by atoms with van der Waals surface area (Å²) in [7, 11) is 0.0177. The molecule has 1 N–H and O–H groups in total. The van der Waals surface area contributed by atoms with Crippen molar-refractivity contribution in [1.29, 1.82) is 0 Å². The van der Waals surface area contributed by atoms with E-state index in [0.717, 1.165) is 10.9 Å². The first-order valence-corrected chi connectivity index (χ1v) is 5.81. The summed E-state index contributed by atoms with van der Waals surface area (Å²) in [4.78, 5) is 9.29. The van der Waals surface area contributed by atoms with Crippen molar-refractivity contribution in [2.75, 3.05) is 7.11 Å². The lowest BCUT2D eigenvalue weighted by atomic mass is 10.3. The van der Waals surface area contributed by atoms with Crippen LogP contribution in [0.25, 0.3) is 0 Å². The van der Waals surface area contributed by atoms with Crippen LogP contribution >= 0.6 is 0 Å². The molecule has 0 aliphatic rings. The molecule has 0 aliphatic heterocycles. The van der Waals surface area contributed by atoms with Gasteiger partial charge in [0.2, 0.25) is 9.04 Å². The molecule has 60 valence electrons. The Bertz CT molecular complexity index is 218. The van der Waals surface area contributed by atoms with E-state index in [4.69, 9.17) is 4.74 Å². The van der Waals surface area contributed by atoms with Crippen LogP contribution in [0.1, 0.15) is 0 Å². The van der Waals surface area contributed by atoms with Gasteiger partial charge in [-0.3, -0.25) is 0 Å². The Balaban J connectivity index is 2.83. The standard InChI is InChI=1S/C8H12O2Si/c1-10-7-3-5-8(6-4-7)11(2)9/h3-6,9,11H,1-2H3. The zero-order valence-corrected chi connectivity index (χ0v) is 7.90. The number of methoxy groups -OCH3 is 1. The van der Waals surface area contributed by atoms with Crippen molar-refractivity contribution >= 4 is 14.2 Å². The van der Waals surface area contributed by atoms with Crippen molar-refractivity contribution in [2.45, 2.75) is 6.55 Å². The van der Waals surface area contributed by atoms with E-state index < -0.39 is 9.04 Å². The topological polar surface area (TPSA) is 29.5 Å². The molecule has 1 atom stereocenters. The van der Waals surface area contributed by atoms with Crippen molar-refractivity contribution in [3.05, 3.63) is 24.3 Å². The van der Waals surface area contributed by atoms with Gasteiger partial charge in [0.1, 0.15) is 5.75 Å². The highest BCUT2D eigenvalue weighted by Crippen LogP contribution is 2.05. The predicted octanol–water partition coefficient (Wildman–Crippen LogP) is 0.248. The number of benzene rings is 1. The summed E-state index contributed by atoms with van der Waals surface area (Å²) in [6.45, 7) is 1.88. The second-order valence-electron chi connectivity index (χ2n) is 2.45. The molecule has 0 fully saturated rings. The van der Waals surface area contributed by atoms with E-state index in [2.05, 4.69) is 0 Å². The van der Waals surface area contributed by atoms with Crippen molar-refractivity contribution in [3.63, 3.8) is 0 Å². The van der Waals surface area contributed by atoms with Gasteiger partial charge in [0, 0.05) is 0 Å². The first-order chi connectivity index (χ1) is 5.24. The van der Waals surface area contributed by atoms with E-state index in [1.165, 1.54) is 0 Å². The lowest BCUT2D eigenvalue weighted by Gasteiger charge is -2.03. The zero-order valence-electron chi connectivity index (χ0n) is 6.74. The summed E-state index contributed by atoms with van der Waals surface area (Å²) in [6, 6.07) is 7.57. The molecule has 2 nitrogen and oxygen atoms in total. The van der Waals surface area contributed by atoms with Gasteiger partial charge in [-0.1, -0.05) is 12.1 Å². The van der Waals surface area contributed by atoms with Crippen LogP contribution < -0.4 is 9.92 Å². The molecule has 0 spiro atoms. The van der Waals surface area contributed by atoms with Crippen LogP contribution in [0.3, 0.4) is 0 Å². The maximum atomic E-state index is 9.29. The van der Waals surface area contributed by atoms with Crippen LogP contribution in [0.2, 0.25) is 6.55 Å². The van der Waals surface area contributed by atoms with Crippen molar-refractivity contribution < 1.29 is 9.53 Å². The summed E-state index contributed by atoms with van der Waals surface area (Å²) in [5.74, 6) is 0.836. The van der Waals surface area contributed by atoms with Gasteiger partial charge < -0.3 is 9.53 Å². The number of hydrogen-bond acceptors (Lipinski definition) is 2. The lowest BCUT2D eigenvalue weighted by Crippen LogP contribution is -2.25. The second-order valence-corrected chi connectivity index (χ2v) is 4.47. The number of rotatable bonds is 2. The molecule has 1 aromatic rings. The van der Waals surface area contributed by atoms with Crippen LogP contribution in [0.15, 0.2) is 24.3 Å². The zero-order chi connectivity index (χ0) is 8.27. The Hall–Kier alpha value is -0.803. The summed E-state index contributed by atoms with van der Waals surface area (Å²) in [5.41, 5.74) is 0. The van der Waals surface area contributed by atoms with Crippen molar-refractivity contribution in [2.24, 2.45) is 0 Å². The first kappa shape index (κ1) is 8.29. The predicted molar refractivity (Wildman–Crippen MR) is 47.9 cm³/mol. The molecule has 0 amide bonds. The van der Waals surface area contributed by atoms with Crippen LogP contribution in [-0.4, -0.2) is 20.9 Å². The second kappa shape index (κ2) is 3.55. The van der Waals surface area contributed by atoms with Gasteiger partial charge in [0.25, 0.3) is 0 Å². The average Bonchev–Trinajstić information content (AvgIpc) is 2.05. The minimum absolute atomic E-state index is 0.836. The monoisotopic (exact) mass is 168 g/mol. The molecule has 0 heterocycles. The fourth-order valence-corrected chi connectivity index (χ4v) is 1.63. The molecule has 0 bridgehead atoms.